The molecule has 2 N–H and O–H groups in total. The molecule has 0 unspecified atom stereocenters. The van der Waals surface area contributed by atoms with Gasteiger partial charge in [0, 0.05) is 32.1 Å². The van der Waals surface area contributed by atoms with Crippen LogP contribution in [0.2, 0.25) is 5.02 Å². The molecule has 0 radical (unpaired) electrons. The molecule has 2 atom stereocenters. The number of H-pyrrole nitrogens is 1. The van der Waals surface area contributed by atoms with Crippen LogP contribution in [0.5, 0.6) is 5.06 Å². The SMILES string of the molecule is CCOC(=O)Oc1sc(N2CC[C@@H](NC(=O)c3[nH]c(C)c(Cl)c3C#N)[C@@H](OC)C2)nc1-c1ccncn1. The van der Waals surface area contributed by atoms with Crippen LogP contribution in [0.25, 0.3) is 11.4 Å². The second-order valence-electron chi connectivity index (χ2n) is 8.03. The van der Waals surface area contributed by atoms with E-state index in [1.807, 2.05) is 11.0 Å². The molecule has 1 saturated heterocycles. The number of nitrogens with one attached hydrogen (secondary N) is 2. The van der Waals surface area contributed by atoms with E-state index in [4.69, 9.17) is 25.8 Å². The van der Waals surface area contributed by atoms with E-state index < -0.39 is 12.1 Å². The predicted molar refractivity (Wildman–Crippen MR) is 135 cm³/mol. The van der Waals surface area contributed by atoms with Crippen molar-refractivity contribution in [3.63, 3.8) is 0 Å². The highest BCUT2D eigenvalue weighted by Gasteiger charge is 2.34. The maximum Gasteiger partial charge on any atom is 0.514 e. The van der Waals surface area contributed by atoms with E-state index in [2.05, 4.69) is 25.3 Å². The summed E-state index contributed by atoms with van der Waals surface area (Å²) in [6, 6.07) is 3.32. The molecule has 4 rings (SSSR count). The van der Waals surface area contributed by atoms with Crippen LogP contribution in [0.1, 0.15) is 35.1 Å². The molecule has 3 aromatic rings. The maximum absolute atomic E-state index is 12.9. The fraction of sp³-hybridized carbons (Fsp3) is 0.391. The molecule has 0 spiro atoms. The molecular formula is C23H24ClN7O5S. The Hall–Kier alpha value is -3.73. The first-order valence-corrected chi connectivity index (χ1v) is 12.5. The van der Waals surface area contributed by atoms with Crippen molar-refractivity contribution in [2.75, 3.05) is 31.7 Å². The summed E-state index contributed by atoms with van der Waals surface area (Å²) in [7, 11) is 1.56. The fourth-order valence-electron chi connectivity index (χ4n) is 3.93. The maximum atomic E-state index is 12.9. The second-order valence-corrected chi connectivity index (χ2v) is 9.34. The number of amides is 1. The minimum absolute atomic E-state index is 0.109. The van der Waals surface area contributed by atoms with E-state index in [1.54, 1.807) is 33.2 Å². The molecule has 12 nitrogen and oxygen atoms in total. The molecule has 4 heterocycles. The van der Waals surface area contributed by atoms with E-state index in [0.29, 0.717) is 41.7 Å². The van der Waals surface area contributed by atoms with Gasteiger partial charge in [0.15, 0.2) is 5.13 Å². The molecule has 0 saturated carbocycles. The number of aryl methyl sites for hydroxylation is 1. The van der Waals surface area contributed by atoms with E-state index in [1.165, 1.54) is 17.7 Å². The summed E-state index contributed by atoms with van der Waals surface area (Å²) >= 11 is 7.32. The van der Waals surface area contributed by atoms with Crippen LogP contribution in [0.15, 0.2) is 18.6 Å². The molecule has 1 aliphatic rings. The molecule has 37 heavy (non-hydrogen) atoms. The lowest BCUT2D eigenvalue weighted by Crippen LogP contribution is -2.55. The zero-order valence-corrected chi connectivity index (χ0v) is 21.9. The number of nitrogens with zero attached hydrogens (tertiary/aromatic N) is 5. The Labute approximate surface area is 221 Å². The molecule has 3 aromatic heterocycles. The zero-order valence-electron chi connectivity index (χ0n) is 20.3. The number of hydrogen-bond donors (Lipinski definition) is 2. The standard InChI is InChI=1S/C23H24ClN7O5S/c1-4-35-23(33)36-21-19(15-5-7-26-11-27-15)30-22(37-21)31-8-6-14(16(10-31)34-3)29-20(32)18-13(9-25)17(24)12(2)28-18/h5,7,11,14,16,28H,4,6,8,10H2,1-3H3,(H,29,32)/t14-,16+/m1/s1. The van der Waals surface area contributed by atoms with Crippen LogP contribution < -0.4 is 15.0 Å². The fourth-order valence-corrected chi connectivity index (χ4v) is 5.07. The van der Waals surface area contributed by atoms with Gasteiger partial charge in [0.2, 0.25) is 5.06 Å². The molecule has 1 aliphatic heterocycles. The third-order valence-corrected chi connectivity index (χ3v) is 7.21. The number of halogens is 1. The summed E-state index contributed by atoms with van der Waals surface area (Å²) in [5, 5.41) is 13.4. The van der Waals surface area contributed by atoms with Gasteiger partial charge in [-0.3, -0.25) is 4.79 Å². The summed E-state index contributed by atoms with van der Waals surface area (Å²) in [5.74, 6) is -0.433. The Morgan fingerprint density at radius 2 is 2.24 bits per heavy atom. The van der Waals surface area contributed by atoms with Gasteiger partial charge in [0.1, 0.15) is 29.3 Å². The van der Waals surface area contributed by atoms with Crippen molar-refractivity contribution >= 4 is 40.1 Å². The van der Waals surface area contributed by atoms with Crippen LogP contribution >= 0.6 is 22.9 Å². The van der Waals surface area contributed by atoms with Gasteiger partial charge in [-0.15, -0.1) is 0 Å². The van der Waals surface area contributed by atoms with Crippen LogP contribution in [0.3, 0.4) is 0 Å². The van der Waals surface area contributed by atoms with Gasteiger partial charge in [-0.25, -0.2) is 19.7 Å². The summed E-state index contributed by atoms with van der Waals surface area (Å²) in [6.07, 6.45) is 2.28. The molecule has 194 valence electrons. The Balaban J connectivity index is 1.52. The number of carbonyl (C=O) groups excluding carboxylic acids is 2. The highest BCUT2D eigenvalue weighted by Crippen LogP contribution is 2.40. The number of ether oxygens (including phenoxy) is 3. The van der Waals surface area contributed by atoms with E-state index in [-0.39, 0.29) is 40.1 Å². The predicted octanol–water partition coefficient (Wildman–Crippen LogP) is 3.32. The van der Waals surface area contributed by atoms with Gasteiger partial charge >= 0.3 is 6.16 Å². The minimum atomic E-state index is -0.833. The summed E-state index contributed by atoms with van der Waals surface area (Å²) < 4.78 is 16.0. The average Bonchev–Trinajstić information content (AvgIpc) is 3.45. The lowest BCUT2D eigenvalue weighted by Gasteiger charge is -2.37. The monoisotopic (exact) mass is 545 g/mol. The molecule has 1 fully saturated rings. The van der Waals surface area contributed by atoms with Crippen LogP contribution in [0, 0.1) is 18.3 Å². The first-order chi connectivity index (χ1) is 17.9. The Kier molecular flexibility index (Phi) is 8.22. The Bertz CT molecular complexity index is 1320. The van der Waals surface area contributed by atoms with E-state index in [0.717, 1.165) is 0 Å². The average molecular weight is 546 g/mol. The van der Waals surface area contributed by atoms with Gasteiger partial charge < -0.3 is 29.4 Å². The number of thiazole rings is 1. The number of anilines is 1. The number of rotatable bonds is 7. The number of piperidine rings is 1. The normalized spacial score (nSPS) is 17.2. The Morgan fingerprint density at radius 1 is 1.43 bits per heavy atom. The van der Waals surface area contributed by atoms with Crippen molar-refractivity contribution in [1.29, 1.82) is 5.26 Å². The zero-order chi connectivity index (χ0) is 26.5. The largest absolute Gasteiger partial charge is 0.514 e. The number of aromatic amines is 1. The van der Waals surface area contributed by atoms with Crippen molar-refractivity contribution in [2.45, 2.75) is 32.4 Å². The van der Waals surface area contributed by atoms with Gasteiger partial charge in [-0.1, -0.05) is 22.9 Å². The number of methoxy groups -OCH3 is 1. The van der Waals surface area contributed by atoms with Crippen molar-refractivity contribution in [1.82, 2.24) is 25.3 Å². The third kappa shape index (κ3) is 5.66. The van der Waals surface area contributed by atoms with Crippen LogP contribution in [-0.4, -0.2) is 71.0 Å². The number of carbonyl (C=O) groups is 2. The van der Waals surface area contributed by atoms with E-state index >= 15 is 0 Å². The number of nitriles is 1. The van der Waals surface area contributed by atoms with Gasteiger partial charge in [0.25, 0.3) is 5.91 Å². The highest BCUT2D eigenvalue weighted by molar-refractivity contribution is 7.18. The Morgan fingerprint density at radius 3 is 2.92 bits per heavy atom. The van der Waals surface area contributed by atoms with Gasteiger partial charge in [0.05, 0.1) is 29.5 Å². The summed E-state index contributed by atoms with van der Waals surface area (Å²) in [4.78, 5) is 42.6. The first-order valence-electron chi connectivity index (χ1n) is 11.3. The molecule has 14 heteroatoms. The van der Waals surface area contributed by atoms with Crippen molar-refractivity contribution < 1.29 is 23.8 Å². The smallest absolute Gasteiger partial charge is 0.434 e. The molecule has 0 bridgehead atoms. The van der Waals surface area contributed by atoms with Crippen molar-refractivity contribution in [3.8, 4) is 22.5 Å². The van der Waals surface area contributed by atoms with Crippen molar-refractivity contribution in [2.24, 2.45) is 0 Å². The molecule has 1 amide bonds. The lowest BCUT2D eigenvalue weighted by atomic mass is 10.0. The summed E-state index contributed by atoms with van der Waals surface area (Å²) in [5.41, 5.74) is 1.67. The third-order valence-electron chi connectivity index (χ3n) is 5.75. The molecular weight excluding hydrogens is 522 g/mol. The van der Waals surface area contributed by atoms with Crippen LogP contribution in [-0.2, 0) is 9.47 Å². The summed E-state index contributed by atoms with van der Waals surface area (Å²) in [6.45, 7) is 4.50. The lowest BCUT2D eigenvalue weighted by molar-refractivity contribution is 0.0540. The molecule has 0 aromatic carbocycles. The quantitative estimate of drug-likeness (QED) is 0.422. The highest BCUT2D eigenvalue weighted by atomic mass is 35.5. The minimum Gasteiger partial charge on any atom is -0.434 e. The first kappa shape index (κ1) is 26.3. The number of hydrogen-bond acceptors (Lipinski definition) is 11. The van der Waals surface area contributed by atoms with Crippen molar-refractivity contribution in [3.05, 3.63) is 40.6 Å². The van der Waals surface area contributed by atoms with Crippen LogP contribution in [0.4, 0.5) is 9.93 Å². The number of aromatic nitrogens is 4. The topological polar surface area (TPSA) is 155 Å². The molecule has 0 aliphatic carbocycles. The van der Waals surface area contributed by atoms with Gasteiger partial charge in [-0.05, 0) is 26.3 Å². The second kappa shape index (κ2) is 11.5. The van der Waals surface area contributed by atoms with Gasteiger partial charge in [-0.2, -0.15) is 5.26 Å². The van der Waals surface area contributed by atoms with E-state index in [9.17, 15) is 14.9 Å².